The minimum Gasteiger partial charge on any atom is -0.465 e. The Labute approximate surface area is 125 Å². The molecule has 0 amide bonds. The lowest BCUT2D eigenvalue weighted by atomic mass is 9.85. The maximum atomic E-state index is 11.6. The largest absolute Gasteiger partial charge is 0.465 e. The average Bonchev–Trinajstić information content (AvgIpc) is 2.49. The zero-order chi connectivity index (χ0) is 14.6. The molecule has 2 nitrogen and oxygen atoms in total. The van der Waals surface area contributed by atoms with E-state index in [-0.39, 0.29) is 5.97 Å². The molecule has 0 aromatic carbocycles. The number of rotatable bonds is 10. The molecule has 0 aromatic heterocycles. The van der Waals surface area contributed by atoms with E-state index in [0.29, 0.717) is 18.9 Å². The third-order valence-corrected chi connectivity index (χ3v) is 4.85. The fraction of sp³-hybridized carbons (Fsp3) is 0.944. The molecule has 118 valence electrons. The van der Waals surface area contributed by atoms with Crippen molar-refractivity contribution >= 4 is 5.97 Å². The molecule has 0 heterocycles. The van der Waals surface area contributed by atoms with E-state index in [1.807, 2.05) is 0 Å². The highest BCUT2D eigenvalue weighted by atomic mass is 16.5. The topological polar surface area (TPSA) is 26.3 Å². The molecule has 0 unspecified atom stereocenters. The third kappa shape index (κ3) is 7.91. The third-order valence-electron chi connectivity index (χ3n) is 4.85. The molecule has 1 rings (SSSR count). The van der Waals surface area contributed by atoms with E-state index in [2.05, 4.69) is 13.8 Å². The van der Waals surface area contributed by atoms with Gasteiger partial charge in [0.25, 0.3) is 0 Å². The Balaban J connectivity index is 1.93. The summed E-state index contributed by atoms with van der Waals surface area (Å²) in [6.45, 7) is 4.94. The highest BCUT2D eigenvalue weighted by Crippen LogP contribution is 2.27. The van der Waals surface area contributed by atoms with Gasteiger partial charge in [0.1, 0.15) is 0 Å². The smallest absolute Gasteiger partial charge is 0.305 e. The van der Waals surface area contributed by atoms with E-state index in [1.54, 1.807) is 0 Å². The maximum Gasteiger partial charge on any atom is 0.305 e. The molecular weight excluding hydrogens is 248 g/mol. The monoisotopic (exact) mass is 282 g/mol. The van der Waals surface area contributed by atoms with Crippen LogP contribution in [-0.2, 0) is 9.53 Å². The maximum absolute atomic E-state index is 11.6. The lowest BCUT2D eigenvalue weighted by Crippen LogP contribution is -2.13. The minimum absolute atomic E-state index is 0.00886. The second kappa shape index (κ2) is 11.2. The number of carbonyl (C=O) groups excluding carboxylic acids is 1. The molecule has 1 aliphatic carbocycles. The summed E-state index contributed by atoms with van der Waals surface area (Å²) in [6.07, 6.45) is 14.9. The molecule has 0 aliphatic heterocycles. The molecule has 0 spiro atoms. The minimum atomic E-state index is 0.00886. The summed E-state index contributed by atoms with van der Waals surface area (Å²) < 4.78 is 5.34. The van der Waals surface area contributed by atoms with Gasteiger partial charge in [0.2, 0.25) is 0 Å². The Morgan fingerprint density at radius 1 is 1.05 bits per heavy atom. The summed E-state index contributed by atoms with van der Waals surface area (Å²) in [5, 5.41) is 0. The molecule has 0 atom stereocenters. The highest BCUT2D eigenvalue weighted by Gasteiger charge is 2.13. The Hall–Kier alpha value is -0.530. The first kappa shape index (κ1) is 17.5. The molecule has 0 bridgehead atoms. The molecule has 20 heavy (non-hydrogen) atoms. The molecule has 0 aromatic rings. The Morgan fingerprint density at radius 3 is 2.40 bits per heavy atom. The zero-order valence-electron chi connectivity index (χ0n) is 13.7. The molecule has 0 saturated heterocycles. The van der Waals surface area contributed by atoms with Crippen molar-refractivity contribution in [3.8, 4) is 0 Å². The lowest BCUT2D eigenvalue weighted by molar-refractivity contribution is -0.145. The zero-order valence-corrected chi connectivity index (χ0v) is 13.7. The SMILES string of the molecule is CCC(CC)COC(=O)CCCCCC1CCCCC1. The van der Waals surface area contributed by atoms with Crippen molar-refractivity contribution in [2.45, 2.75) is 90.9 Å². The van der Waals surface area contributed by atoms with Crippen molar-refractivity contribution in [2.75, 3.05) is 6.61 Å². The molecule has 2 heteroatoms. The van der Waals surface area contributed by atoms with Crippen LogP contribution in [0.15, 0.2) is 0 Å². The van der Waals surface area contributed by atoms with E-state index in [4.69, 9.17) is 4.74 Å². The fourth-order valence-corrected chi connectivity index (χ4v) is 3.16. The summed E-state index contributed by atoms with van der Waals surface area (Å²) in [5.74, 6) is 1.53. The number of hydrogen-bond donors (Lipinski definition) is 0. The average molecular weight is 282 g/mol. The first-order valence-electron chi connectivity index (χ1n) is 8.91. The van der Waals surface area contributed by atoms with Gasteiger partial charge in [0.15, 0.2) is 0 Å². The van der Waals surface area contributed by atoms with Crippen molar-refractivity contribution < 1.29 is 9.53 Å². The summed E-state index contributed by atoms with van der Waals surface area (Å²) >= 11 is 0. The van der Waals surface area contributed by atoms with Crippen LogP contribution in [0.3, 0.4) is 0 Å². The van der Waals surface area contributed by atoms with Crippen LogP contribution in [0.2, 0.25) is 0 Å². The van der Waals surface area contributed by atoms with Crippen LogP contribution in [0.25, 0.3) is 0 Å². The molecule has 1 aliphatic rings. The number of carbonyl (C=O) groups is 1. The normalized spacial score (nSPS) is 16.6. The van der Waals surface area contributed by atoms with Gasteiger partial charge in [-0.05, 0) is 18.3 Å². The van der Waals surface area contributed by atoms with E-state index < -0.39 is 0 Å². The quantitative estimate of drug-likeness (QED) is 0.391. The second-order valence-corrected chi connectivity index (χ2v) is 6.47. The van der Waals surface area contributed by atoms with Gasteiger partial charge in [-0.15, -0.1) is 0 Å². The van der Waals surface area contributed by atoms with E-state index >= 15 is 0 Å². The Morgan fingerprint density at radius 2 is 1.75 bits per heavy atom. The van der Waals surface area contributed by atoms with E-state index in [0.717, 1.165) is 25.2 Å². The van der Waals surface area contributed by atoms with Crippen molar-refractivity contribution in [3.63, 3.8) is 0 Å². The standard InChI is InChI=1S/C18H34O2/c1-3-16(4-2)15-20-18(19)14-10-6-9-13-17-11-7-5-8-12-17/h16-17H,3-15H2,1-2H3. The predicted octanol–water partition coefficient (Wildman–Crippen LogP) is 5.50. The van der Waals surface area contributed by atoms with Crippen LogP contribution in [0.4, 0.5) is 0 Å². The van der Waals surface area contributed by atoms with Crippen LogP contribution in [0.5, 0.6) is 0 Å². The van der Waals surface area contributed by atoms with Crippen LogP contribution in [0.1, 0.15) is 90.9 Å². The van der Waals surface area contributed by atoms with Crippen molar-refractivity contribution in [3.05, 3.63) is 0 Å². The number of unbranched alkanes of at least 4 members (excludes halogenated alkanes) is 2. The van der Waals surface area contributed by atoms with Crippen molar-refractivity contribution in [2.24, 2.45) is 11.8 Å². The van der Waals surface area contributed by atoms with Gasteiger partial charge < -0.3 is 4.74 Å². The van der Waals surface area contributed by atoms with Crippen LogP contribution in [-0.4, -0.2) is 12.6 Å². The van der Waals surface area contributed by atoms with E-state index in [9.17, 15) is 4.79 Å². The van der Waals surface area contributed by atoms with Gasteiger partial charge in [0, 0.05) is 6.42 Å². The van der Waals surface area contributed by atoms with Gasteiger partial charge in [-0.25, -0.2) is 0 Å². The van der Waals surface area contributed by atoms with Gasteiger partial charge in [-0.2, -0.15) is 0 Å². The molecule has 1 saturated carbocycles. The first-order valence-corrected chi connectivity index (χ1v) is 8.91. The second-order valence-electron chi connectivity index (χ2n) is 6.47. The Bertz CT molecular complexity index is 240. The fourth-order valence-electron chi connectivity index (χ4n) is 3.16. The van der Waals surface area contributed by atoms with Gasteiger partial charge >= 0.3 is 5.97 Å². The summed E-state index contributed by atoms with van der Waals surface area (Å²) in [4.78, 5) is 11.6. The molecule has 1 fully saturated rings. The highest BCUT2D eigenvalue weighted by molar-refractivity contribution is 5.69. The van der Waals surface area contributed by atoms with Crippen molar-refractivity contribution in [1.82, 2.24) is 0 Å². The lowest BCUT2D eigenvalue weighted by Gasteiger charge is -2.21. The number of hydrogen-bond acceptors (Lipinski definition) is 2. The summed E-state index contributed by atoms with van der Waals surface area (Å²) in [7, 11) is 0. The molecule has 0 radical (unpaired) electrons. The van der Waals surface area contributed by atoms with Gasteiger partial charge in [-0.1, -0.05) is 78.1 Å². The van der Waals surface area contributed by atoms with Crippen LogP contribution >= 0.6 is 0 Å². The van der Waals surface area contributed by atoms with Crippen LogP contribution < -0.4 is 0 Å². The summed E-state index contributed by atoms with van der Waals surface area (Å²) in [6, 6.07) is 0. The van der Waals surface area contributed by atoms with E-state index in [1.165, 1.54) is 51.4 Å². The Kier molecular flexibility index (Phi) is 9.78. The van der Waals surface area contributed by atoms with Crippen LogP contribution in [0, 0.1) is 11.8 Å². The number of ether oxygens (including phenoxy) is 1. The first-order chi connectivity index (χ1) is 9.76. The molecular formula is C18H34O2. The number of esters is 1. The predicted molar refractivity (Wildman–Crippen MR) is 84.7 cm³/mol. The van der Waals surface area contributed by atoms with Gasteiger partial charge in [0.05, 0.1) is 6.61 Å². The van der Waals surface area contributed by atoms with Gasteiger partial charge in [-0.3, -0.25) is 4.79 Å². The summed E-state index contributed by atoms with van der Waals surface area (Å²) in [5.41, 5.74) is 0. The van der Waals surface area contributed by atoms with Crippen molar-refractivity contribution in [1.29, 1.82) is 0 Å². The molecule has 0 N–H and O–H groups in total.